The summed E-state index contributed by atoms with van der Waals surface area (Å²) in [7, 11) is 0. The van der Waals surface area contributed by atoms with Gasteiger partial charge in [-0.15, -0.1) is 11.6 Å². The van der Waals surface area contributed by atoms with Crippen LogP contribution >= 0.6 is 11.6 Å². The molecule has 0 fully saturated rings. The van der Waals surface area contributed by atoms with E-state index in [1.165, 1.54) is 5.56 Å². The van der Waals surface area contributed by atoms with Crippen LogP contribution in [0.5, 0.6) is 0 Å². The van der Waals surface area contributed by atoms with Gasteiger partial charge in [-0.05, 0) is 24.8 Å². The summed E-state index contributed by atoms with van der Waals surface area (Å²) in [5, 5.41) is 2.90. The molecule has 1 atom stereocenters. The molecule has 0 radical (unpaired) electrons. The maximum atomic E-state index is 11.5. The number of aryl methyl sites for hydroxylation is 1. The number of benzene rings is 1. The SMILES string of the molecule is CCC(Cl)CNC(=O)CCCc1ccccc1. The maximum absolute atomic E-state index is 11.5. The molecule has 0 saturated heterocycles. The first-order valence-corrected chi connectivity index (χ1v) is 6.60. The molecular formula is C14H20ClNO. The van der Waals surface area contributed by atoms with Crippen molar-refractivity contribution in [1.82, 2.24) is 5.32 Å². The Labute approximate surface area is 108 Å². The molecule has 0 saturated carbocycles. The number of rotatable bonds is 7. The van der Waals surface area contributed by atoms with Crippen molar-refractivity contribution in [2.45, 2.75) is 38.0 Å². The van der Waals surface area contributed by atoms with Gasteiger partial charge in [0, 0.05) is 13.0 Å². The number of carbonyl (C=O) groups is 1. The van der Waals surface area contributed by atoms with Crippen molar-refractivity contribution in [3.05, 3.63) is 35.9 Å². The van der Waals surface area contributed by atoms with Crippen molar-refractivity contribution in [3.63, 3.8) is 0 Å². The Morgan fingerprint density at radius 1 is 1.35 bits per heavy atom. The molecule has 0 aliphatic heterocycles. The maximum Gasteiger partial charge on any atom is 0.220 e. The summed E-state index contributed by atoms with van der Waals surface area (Å²) in [6.45, 7) is 2.58. The Morgan fingerprint density at radius 3 is 2.71 bits per heavy atom. The number of alkyl halides is 1. The van der Waals surface area contributed by atoms with Crippen molar-refractivity contribution in [2.75, 3.05) is 6.54 Å². The van der Waals surface area contributed by atoms with Gasteiger partial charge >= 0.3 is 0 Å². The fourth-order valence-corrected chi connectivity index (χ4v) is 1.63. The van der Waals surface area contributed by atoms with Gasteiger partial charge in [0.2, 0.25) is 5.91 Å². The molecule has 0 bridgehead atoms. The van der Waals surface area contributed by atoms with Crippen molar-refractivity contribution >= 4 is 17.5 Å². The molecular weight excluding hydrogens is 234 g/mol. The van der Waals surface area contributed by atoms with Crippen LogP contribution in [-0.2, 0) is 11.2 Å². The van der Waals surface area contributed by atoms with Crippen LogP contribution in [0.2, 0.25) is 0 Å². The van der Waals surface area contributed by atoms with E-state index >= 15 is 0 Å². The van der Waals surface area contributed by atoms with E-state index in [-0.39, 0.29) is 11.3 Å². The zero-order valence-corrected chi connectivity index (χ0v) is 11.0. The van der Waals surface area contributed by atoms with Gasteiger partial charge in [-0.2, -0.15) is 0 Å². The second-order valence-corrected chi connectivity index (χ2v) is 4.77. The van der Waals surface area contributed by atoms with Crippen LogP contribution < -0.4 is 5.32 Å². The van der Waals surface area contributed by atoms with Crippen molar-refractivity contribution in [1.29, 1.82) is 0 Å². The summed E-state index contributed by atoms with van der Waals surface area (Å²) in [4.78, 5) is 11.5. The molecule has 0 heterocycles. The van der Waals surface area contributed by atoms with E-state index in [0.717, 1.165) is 19.3 Å². The van der Waals surface area contributed by atoms with Crippen LogP contribution in [0.25, 0.3) is 0 Å². The molecule has 1 aromatic carbocycles. The lowest BCUT2D eigenvalue weighted by molar-refractivity contribution is -0.121. The van der Waals surface area contributed by atoms with Gasteiger partial charge in [0.25, 0.3) is 0 Å². The van der Waals surface area contributed by atoms with E-state index < -0.39 is 0 Å². The summed E-state index contributed by atoms with van der Waals surface area (Å²) in [5.41, 5.74) is 1.28. The molecule has 0 aromatic heterocycles. The zero-order chi connectivity index (χ0) is 12.5. The quantitative estimate of drug-likeness (QED) is 0.744. The fourth-order valence-electron chi connectivity index (χ4n) is 1.56. The van der Waals surface area contributed by atoms with Crippen LogP contribution in [-0.4, -0.2) is 17.8 Å². The zero-order valence-electron chi connectivity index (χ0n) is 10.3. The molecule has 0 spiro atoms. The van der Waals surface area contributed by atoms with E-state index in [4.69, 9.17) is 11.6 Å². The van der Waals surface area contributed by atoms with E-state index in [1.54, 1.807) is 0 Å². The van der Waals surface area contributed by atoms with E-state index in [1.807, 2.05) is 25.1 Å². The molecule has 2 nitrogen and oxygen atoms in total. The summed E-state index contributed by atoms with van der Waals surface area (Å²) < 4.78 is 0. The van der Waals surface area contributed by atoms with Crippen molar-refractivity contribution in [2.24, 2.45) is 0 Å². The third kappa shape index (κ3) is 6.32. The largest absolute Gasteiger partial charge is 0.355 e. The van der Waals surface area contributed by atoms with Gasteiger partial charge in [-0.1, -0.05) is 37.3 Å². The predicted molar refractivity (Wildman–Crippen MR) is 72.3 cm³/mol. The summed E-state index contributed by atoms with van der Waals surface area (Å²) in [6.07, 6.45) is 3.29. The van der Waals surface area contributed by atoms with Gasteiger partial charge in [-0.25, -0.2) is 0 Å². The summed E-state index contributed by atoms with van der Waals surface area (Å²) in [5.74, 6) is 0.0973. The molecule has 0 aliphatic carbocycles. The van der Waals surface area contributed by atoms with Crippen LogP contribution in [0.15, 0.2) is 30.3 Å². The van der Waals surface area contributed by atoms with Crippen molar-refractivity contribution < 1.29 is 4.79 Å². The predicted octanol–water partition coefficient (Wildman–Crippen LogP) is 3.14. The normalized spacial score (nSPS) is 12.1. The Morgan fingerprint density at radius 2 is 2.06 bits per heavy atom. The Hall–Kier alpha value is -1.02. The lowest BCUT2D eigenvalue weighted by Crippen LogP contribution is -2.29. The molecule has 1 unspecified atom stereocenters. The second kappa shape index (κ2) is 8.13. The standard InChI is InChI=1S/C14H20ClNO/c1-2-13(15)11-16-14(17)10-6-9-12-7-4-3-5-8-12/h3-5,7-8,13H,2,6,9-11H2,1H3,(H,16,17). The third-order valence-corrected chi connectivity index (χ3v) is 3.14. The van der Waals surface area contributed by atoms with Gasteiger partial charge in [0.1, 0.15) is 0 Å². The van der Waals surface area contributed by atoms with Gasteiger partial charge in [-0.3, -0.25) is 4.79 Å². The van der Waals surface area contributed by atoms with Crippen LogP contribution in [0.3, 0.4) is 0 Å². The van der Waals surface area contributed by atoms with Crippen LogP contribution in [0.4, 0.5) is 0 Å². The van der Waals surface area contributed by atoms with E-state index in [2.05, 4.69) is 17.4 Å². The minimum atomic E-state index is 0.0491. The summed E-state index contributed by atoms with van der Waals surface area (Å²) >= 11 is 5.92. The highest BCUT2D eigenvalue weighted by Crippen LogP contribution is 2.04. The molecule has 1 aromatic rings. The minimum Gasteiger partial charge on any atom is -0.355 e. The highest BCUT2D eigenvalue weighted by molar-refractivity contribution is 6.20. The second-order valence-electron chi connectivity index (χ2n) is 4.15. The first-order chi connectivity index (χ1) is 8.22. The highest BCUT2D eigenvalue weighted by atomic mass is 35.5. The van der Waals surface area contributed by atoms with E-state index in [0.29, 0.717) is 13.0 Å². The molecule has 1 amide bonds. The lowest BCUT2D eigenvalue weighted by Gasteiger charge is -2.08. The smallest absolute Gasteiger partial charge is 0.220 e. The number of hydrogen-bond acceptors (Lipinski definition) is 1. The van der Waals surface area contributed by atoms with Crippen LogP contribution in [0.1, 0.15) is 31.7 Å². The number of amides is 1. The first kappa shape index (κ1) is 14.0. The first-order valence-electron chi connectivity index (χ1n) is 6.17. The molecule has 1 rings (SSSR count). The van der Waals surface area contributed by atoms with Gasteiger partial charge in [0.15, 0.2) is 0 Å². The highest BCUT2D eigenvalue weighted by Gasteiger charge is 2.05. The third-order valence-electron chi connectivity index (χ3n) is 2.68. The molecule has 0 aliphatic rings. The topological polar surface area (TPSA) is 29.1 Å². The number of nitrogens with one attached hydrogen (secondary N) is 1. The molecule has 1 N–H and O–H groups in total. The number of halogens is 1. The Balaban J connectivity index is 2.12. The minimum absolute atomic E-state index is 0.0491. The number of carbonyl (C=O) groups excluding carboxylic acids is 1. The van der Waals surface area contributed by atoms with Crippen molar-refractivity contribution in [3.8, 4) is 0 Å². The van der Waals surface area contributed by atoms with Gasteiger partial charge < -0.3 is 5.32 Å². The average Bonchev–Trinajstić information content (AvgIpc) is 2.37. The summed E-state index contributed by atoms with van der Waals surface area (Å²) in [6, 6.07) is 10.2. The fraction of sp³-hybridized carbons (Fsp3) is 0.500. The Kier molecular flexibility index (Phi) is 6.71. The molecule has 94 valence electrons. The Bertz CT molecular complexity index is 326. The average molecular weight is 254 g/mol. The number of hydrogen-bond donors (Lipinski definition) is 1. The monoisotopic (exact) mass is 253 g/mol. The van der Waals surface area contributed by atoms with Gasteiger partial charge in [0.05, 0.1) is 5.38 Å². The lowest BCUT2D eigenvalue weighted by atomic mass is 10.1. The van der Waals surface area contributed by atoms with E-state index in [9.17, 15) is 4.79 Å². The molecule has 3 heteroatoms. The molecule has 17 heavy (non-hydrogen) atoms. The van der Waals surface area contributed by atoms with Crippen LogP contribution in [0, 0.1) is 0 Å².